The largest absolute Gasteiger partial charge is 0.485 e. The van der Waals surface area contributed by atoms with E-state index < -0.39 is 6.10 Å². The number of rotatable bonds is 3. The number of morpholine rings is 1. The van der Waals surface area contributed by atoms with E-state index in [0.29, 0.717) is 11.5 Å². The number of para-hydroxylation sites is 2. The van der Waals surface area contributed by atoms with Crippen molar-refractivity contribution in [1.82, 2.24) is 9.80 Å². The molecular weight excluding hydrogens is 332 g/mol. The molecule has 0 N–H and O–H groups in total. The maximum absolute atomic E-state index is 13.1. The van der Waals surface area contributed by atoms with Crippen LogP contribution in [0.25, 0.3) is 0 Å². The van der Waals surface area contributed by atoms with E-state index in [1.54, 1.807) is 0 Å². The molecular formula is C20H28N2O4. The van der Waals surface area contributed by atoms with Crippen LogP contribution >= 0.6 is 0 Å². The summed E-state index contributed by atoms with van der Waals surface area (Å²) in [4.78, 5) is 17.5. The van der Waals surface area contributed by atoms with Crippen molar-refractivity contribution in [2.24, 2.45) is 0 Å². The lowest BCUT2D eigenvalue weighted by Gasteiger charge is -2.39. The van der Waals surface area contributed by atoms with E-state index in [4.69, 9.17) is 14.2 Å². The maximum Gasteiger partial charge on any atom is 0.267 e. The molecule has 1 aromatic carbocycles. The lowest BCUT2D eigenvalue weighted by atomic mass is 10.1. The average molecular weight is 360 g/mol. The zero-order valence-electron chi connectivity index (χ0n) is 15.6. The number of benzene rings is 1. The monoisotopic (exact) mass is 360 g/mol. The molecule has 3 heterocycles. The molecule has 2 fully saturated rings. The minimum absolute atomic E-state index is 0.0522. The summed E-state index contributed by atoms with van der Waals surface area (Å²) < 4.78 is 17.5. The van der Waals surface area contributed by atoms with Gasteiger partial charge >= 0.3 is 0 Å². The summed E-state index contributed by atoms with van der Waals surface area (Å²) in [5, 5.41) is 0. The number of ether oxygens (including phenoxy) is 3. The Hall–Kier alpha value is -1.79. The molecule has 4 atom stereocenters. The molecule has 4 rings (SSSR count). The summed E-state index contributed by atoms with van der Waals surface area (Å²) in [5.74, 6) is 1.42. The van der Waals surface area contributed by atoms with Gasteiger partial charge in [-0.15, -0.1) is 0 Å². The van der Waals surface area contributed by atoms with Crippen LogP contribution in [0.5, 0.6) is 11.5 Å². The van der Waals surface area contributed by atoms with Gasteiger partial charge in [0.15, 0.2) is 11.5 Å². The third-order valence-corrected chi connectivity index (χ3v) is 5.41. The second-order valence-electron chi connectivity index (χ2n) is 7.67. The van der Waals surface area contributed by atoms with Gasteiger partial charge in [0.25, 0.3) is 5.91 Å². The summed E-state index contributed by atoms with van der Waals surface area (Å²) in [6.07, 6.45) is 2.05. The lowest BCUT2D eigenvalue weighted by Crippen LogP contribution is -2.53. The predicted molar refractivity (Wildman–Crippen MR) is 97.5 cm³/mol. The number of hydrogen-bond donors (Lipinski definition) is 0. The summed E-state index contributed by atoms with van der Waals surface area (Å²) in [5.41, 5.74) is 0. The van der Waals surface area contributed by atoms with Crippen molar-refractivity contribution in [2.75, 3.05) is 32.8 Å². The van der Waals surface area contributed by atoms with Gasteiger partial charge in [0, 0.05) is 32.2 Å². The van der Waals surface area contributed by atoms with E-state index in [1.807, 2.05) is 29.2 Å². The van der Waals surface area contributed by atoms with Gasteiger partial charge in [-0.3, -0.25) is 9.69 Å². The highest BCUT2D eigenvalue weighted by Gasteiger charge is 2.38. The number of carbonyl (C=O) groups excluding carboxylic acids is 1. The predicted octanol–water partition coefficient (Wildman–Crippen LogP) is 1.93. The van der Waals surface area contributed by atoms with E-state index in [9.17, 15) is 4.79 Å². The summed E-state index contributed by atoms with van der Waals surface area (Å²) >= 11 is 0. The number of nitrogens with zero attached hydrogens (tertiary/aromatic N) is 2. The van der Waals surface area contributed by atoms with Gasteiger partial charge in [0.1, 0.15) is 6.61 Å². The quantitative estimate of drug-likeness (QED) is 0.824. The van der Waals surface area contributed by atoms with Crippen LogP contribution in [0.2, 0.25) is 0 Å². The van der Waals surface area contributed by atoms with Crippen LogP contribution in [-0.4, -0.2) is 72.8 Å². The van der Waals surface area contributed by atoms with Gasteiger partial charge in [-0.25, -0.2) is 0 Å². The van der Waals surface area contributed by atoms with Crippen molar-refractivity contribution in [1.29, 1.82) is 0 Å². The van der Waals surface area contributed by atoms with Crippen LogP contribution < -0.4 is 9.47 Å². The van der Waals surface area contributed by atoms with E-state index in [2.05, 4.69) is 18.7 Å². The smallest absolute Gasteiger partial charge is 0.267 e. The van der Waals surface area contributed by atoms with Crippen LogP contribution in [0.1, 0.15) is 26.7 Å². The van der Waals surface area contributed by atoms with Crippen LogP contribution in [-0.2, 0) is 9.53 Å². The number of hydrogen-bond acceptors (Lipinski definition) is 5. The van der Waals surface area contributed by atoms with Crippen molar-refractivity contribution >= 4 is 5.91 Å². The molecule has 2 saturated heterocycles. The summed E-state index contributed by atoms with van der Waals surface area (Å²) in [6, 6.07) is 7.78. The highest BCUT2D eigenvalue weighted by Crippen LogP contribution is 2.32. The first-order chi connectivity index (χ1) is 12.6. The summed E-state index contributed by atoms with van der Waals surface area (Å²) in [7, 11) is 0. The average Bonchev–Trinajstić information content (AvgIpc) is 3.08. The van der Waals surface area contributed by atoms with E-state index in [1.165, 1.54) is 0 Å². The normalized spacial score (nSPS) is 31.8. The minimum atomic E-state index is -0.548. The Morgan fingerprint density at radius 1 is 1.15 bits per heavy atom. The first-order valence-electron chi connectivity index (χ1n) is 9.67. The van der Waals surface area contributed by atoms with Crippen LogP contribution in [0.15, 0.2) is 24.3 Å². The molecule has 0 radical (unpaired) electrons. The first kappa shape index (κ1) is 17.6. The molecule has 0 saturated carbocycles. The molecule has 1 aromatic rings. The SMILES string of the molecule is C[C@@H]1CN(C[C@@H]2CCCN2C(=O)[C@H]2COc3ccccc3O2)C[C@@H](C)O1. The Morgan fingerprint density at radius 3 is 2.65 bits per heavy atom. The Morgan fingerprint density at radius 2 is 1.88 bits per heavy atom. The third kappa shape index (κ3) is 3.67. The molecule has 0 aliphatic carbocycles. The Labute approximate surface area is 155 Å². The molecule has 3 aliphatic heterocycles. The number of amides is 1. The number of likely N-dealkylation sites (tertiary alicyclic amines) is 1. The van der Waals surface area contributed by atoms with Crippen molar-refractivity contribution in [2.45, 2.75) is 51.0 Å². The Bertz CT molecular complexity index is 642. The first-order valence-corrected chi connectivity index (χ1v) is 9.67. The van der Waals surface area contributed by atoms with E-state index >= 15 is 0 Å². The molecule has 0 bridgehead atoms. The molecule has 142 valence electrons. The van der Waals surface area contributed by atoms with Gasteiger partial charge in [-0.2, -0.15) is 0 Å². The molecule has 26 heavy (non-hydrogen) atoms. The zero-order valence-corrected chi connectivity index (χ0v) is 15.6. The molecule has 1 amide bonds. The maximum atomic E-state index is 13.1. The highest BCUT2D eigenvalue weighted by atomic mass is 16.6. The standard InChI is InChI=1S/C20H28N2O4/c1-14-10-21(11-15(2)25-14)12-16-6-5-9-22(16)20(23)19-13-24-17-7-3-4-8-18(17)26-19/h3-4,7-8,14-16,19H,5-6,9-13H2,1-2H3/t14-,15-,16+,19-/m1/s1. The molecule has 3 aliphatic rings. The molecule has 0 unspecified atom stereocenters. The van der Waals surface area contributed by atoms with Crippen molar-refractivity contribution < 1.29 is 19.0 Å². The highest BCUT2D eigenvalue weighted by molar-refractivity contribution is 5.82. The second-order valence-corrected chi connectivity index (χ2v) is 7.67. The van der Waals surface area contributed by atoms with E-state index in [-0.39, 0.29) is 30.8 Å². The van der Waals surface area contributed by atoms with Gasteiger partial charge in [0.2, 0.25) is 6.10 Å². The second kappa shape index (κ2) is 7.45. The van der Waals surface area contributed by atoms with Crippen molar-refractivity contribution in [3.8, 4) is 11.5 Å². The Balaban J connectivity index is 1.39. The fourth-order valence-electron chi connectivity index (χ4n) is 4.37. The topological polar surface area (TPSA) is 51.2 Å². The molecule has 6 nitrogen and oxygen atoms in total. The number of carbonyl (C=O) groups is 1. The fourth-order valence-corrected chi connectivity index (χ4v) is 4.37. The van der Waals surface area contributed by atoms with Crippen LogP contribution in [0.4, 0.5) is 0 Å². The van der Waals surface area contributed by atoms with Gasteiger partial charge in [0.05, 0.1) is 12.2 Å². The van der Waals surface area contributed by atoms with Gasteiger partial charge < -0.3 is 19.1 Å². The zero-order chi connectivity index (χ0) is 18.1. The Kier molecular flexibility index (Phi) is 5.05. The number of fused-ring (bicyclic) bond motifs is 1. The third-order valence-electron chi connectivity index (χ3n) is 5.41. The molecule has 0 aromatic heterocycles. The fraction of sp³-hybridized carbons (Fsp3) is 0.650. The van der Waals surface area contributed by atoms with Crippen LogP contribution in [0, 0.1) is 0 Å². The molecule has 6 heteroatoms. The van der Waals surface area contributed by atoms with E-state index in [0.717, 1.165) is 39.0 Å². The summed E-state index contributed by atoms with van der Waals surface area (Å²) in [6.45, 7) is 8.09. The van der Waals surface area contributed by atoms with Crippen LogP contribution in [0.3, 0.4) is 0 Å². The van der Waals surface area contributed by atoms with Gasteiger partial charge in [-0.05, 0) is 38.8 Å². The van der Waals surface area contributed by atoms with Crippen molar-refractivity contribution in [3.05, 3.63) is 24.3 Å². The molecule has 0 spiro atoms. The van der Waals surface area contributed by atoms with Gasteiger partial charge in [-0.1, -0.05) is 12.1 Å². The lowest BCUT2D eigenvalue weighted by molar-refractivity contribution is -0.143. The minimum Gasteiger partial charge on any atom is -0.485 e. The van der Waals surface area contributed by atoms with Crippen molar-refractivity contribution in [3.63, 3.8) is 0 Å².